The molecule has 2 heterocycles. The van der Waals surface area contributed by atoms with Crippen molar-refractivity contribution in [2.75, 3.05) is 16.8 Å². The highest BCUT2D eigenvalue weighted by Gasteiger charge is 2.40. The van der Waals surface area contributed by atoms with Gasteiger partial charge < -0.3 is 15.0 Å². The average Bonchev–Trinajstić information content (AvgIpc) is 3.18. The van der Waals surface area contributed by atoms with Crippen molar-refractivity contribution in [2.45, 2.75) is 25.9 Å². The number of rotatable bonds is 5. The molecule has 0 aliphatic carbocycles. The lowest BCUT2D eigenvalue weighted by Gasteiger charge is -2.38. The van der Waals surface area contributed by atoms with Crippen molar-refractivity contribution < 1.29 is 14.3 Å². The predicted octanol–water partition coefficient (Wildman–Crippen LogP) is 5.00. The minimum absolute atomic E-state index is 0.119. The van der Waals surface area contributed by atoms with Crippen molar-refractivity contribution in [3.63, 3.8) is 0 Å². The zero-order valence-electron chi connectivity index (χ0n) is 16.5. The summed E-state index contributed by atoms with van der Waals surface area (Å²) < 4.78 is 5.81. The lowest BCUT2D eigenvalue weighted by atomic mass is 10.0. The number of carbonyl (C=O) groups is 2. The highest BCUT2D eigenvalue weighted by Crippen LogP contribution is 2.39. The molecule has 1 aliphatic rings. The molecule has 2 aromatic carbocycles. The first-order valence-corrected chi connectivity index (χ1v) is 10.7. The number of nitrogens with zero attached hydrogens (tertiary/aromatic N) is 2. The normalized spacial score (nSPS) is 14.8. The van der Waals surface area contributed by atoms with Gasteiger partial charge in [0.1, 0.15) is 5.75 Å². The molecule has 0 atom stereocenters. The fraction of sp³-hybridized carbons (Fsp3) is 0.227. The topological polar surface area (TPSA) is 71.5 Å². The van der Waals surface area contributed by atoms with Gasteiger partial charge in [-0.05, 0) is 32.0 Å². The number of aromatic nitrogens is 1. The first kappa shape index (κ1) is 20.4. The van der Waals surface area contributed by atoms with Crippen LogP contribution in [0.15, 0.2) is 53.9 Å². The molecule has 3 aromatic rings. The summed E-state index contributed by atoms with van der Waals surface area (Å²) in [7, 11) is 0. The van der Waals surface area contributed by atoms with Gasteiger partial charge in [-0.15, -0.1) is 11.3 Å². The number of halogens is 1. The van der Waals surface area contributed by atoms with Crippen LogP contribution >= 0.6 is 22.9 Å². The SMILES string of the molecule is CC1(C)Oc2ccc(Cl)cc2N(CCC(=O)Nc2nc(-c3ccccc3)cs2)C1=O. The molecule has 0 fully saturated rings. The second kappa shape index (κ2) is 8.08. The molecule has 1 aliphatic heterocycles. The number of anilines is 2. The molecule has 8 heteroatoms. The molecule has 2 amide bonds. The Morgan fingerprint density at radius 1 is 1.23 bits per heavy atom. The summed E-state index contributed by atoms with van der Waals surface area (Å²) in [6.07, 6.45) is 0.119. The van der Waals surface area contributed by atoms with Crippen LogP contribution in [0, 0.1) is 0 Å². The van der Waals surface area contributed by atoms with Crippen LogP contribution in [0.1, 0.15) is 20.3 Å². The number of fused-ring (bicyclic) bond motifs is 1. The van der Waals surface area contributed by atoms with Crippen LogP contribution in [0.25, 0.3) is 11.3 Å². The van der Waals surface area contributed by atoms with Crippen LogP contribution in [-0.4, -0.2) is 28.9 Å². The Balaban J connectivity index is 1.44. The van der Waals surface area contributed by atoms with E-state index in [4.69, 9.17) is 16.3 Å². The lowest BCUT2D eigenvalue weighted by Crippen LogP contribution is -2.53. The summed E-state index contributed by atoms with van der Waals surface area (Å²) in [5.74, 6) is 0.132. The van der Waals surface area contributed by atoms with E-state index >= 15 is 0 Å². The number of ether oxygens (including phenoxy) is 1. The Hall–Kier alpha value is -2.90. The smallest absolute Gasteiger partial charge is 0.270 e. The third kappa shape index (κ3) is 4.17. The Bertz CT molecular complexity index is 1100. The first-order chi connectivity index (χ1) is 14.3. The second-order valence-electron chi connectivity index (χ2n) is 7.38. The van der Waals surface area contributed by atoms with Gasteiger partial charge in [-0.3, -0.25) is 9.59 Å². The van der Waals surface area contributed by atoms with E-state index in [1.54, 1.807) is 36.9 Å². The second-order valence-corrected chi connectivity index (χ2v) is 8.68. The fourth-order valence-corrected chi connectivity index (χ4v) is 4.13. The molecule has 154 valence electrons. The molecule has 0 unspecified atom stereocenters. The minimum atomic E-state index is -1.02. The van der Waals surface area contributed by atoms with E-state index < -0.39 is 5.60 Å². The van der Waals surface area contributed by atoms with Crippen LogP contribution in [-0.2, 0) is 9.59 Å². The molecule has 0 bridgehead atoms. The van der Waals surface area contributed by atoms with E-state index in [1.165, 1.54) is 11.3 Å². The molecule has 4 rings (SSSR count). The molecule has 6 nitrogen and oxygen atoms in total. The van der Waals surface area contributed by atoms with Crippen LogP contribution in [0.5, 0.6) is 5.75 Å². The number of hydrogen-bond donors (Lipinski definition) is 1. The first-order valence-electron chi connectivity index (χ1n) is 9.45. The van der Waals surface area contributed by atoms with Crippen LogP contribution in [0.2, 0.25) is 5.02 Å². The summed E-state index contributed by atoms with van der Waals surface area (Å²) in [6, 6.07) is 14.9. The molecular formula is C22H20ClN3O3S. The monoisotopic (exact) mass is 441 g/mol. The summed E-state index contributed by atoms with van der Waals surface area (Å²) in [5, 5.41) is 5.74. The Labute approximate surface area is 183 Å². The van der Waals surface area contributed by atoms with Crippen LogP contribution in [0.3, 0.4) is 0 Å². The summed E-state index contributed by atoms with van der Waals surface area (Å²) in [6.45, 7) is 3.63. The lowest BCUT2D eigenvalue weighted by molar-refractivity contribution is -0.132. The van der Waals surface area contributed by atoms with Gasteiger partial charge in [-0.1, -0.05) is 41.9 Å². The van der Waals surface area contributed by atoms with Crippen molar-refractivity contribution in [3.05, 3.63) is 58.9 Å². The molecular weight excluding hydrogens is 422 g/mol. The van der Waals surface area contributed by atoms with Crippen LogP contribution in [0.4, 0.5) is 10.8 Å². The van der Waals surface area contributed by atoms with E-state index in [0.29, 0.717) is 21.6 Å². The van der Waals surface area contributed by atoms with Gasteiger partial charge in [0, 0.05) is 28.9 Å². The zero-order chi connectivity index (χ0) is 21.3. The number of amides is 2. The number of hydrogen-bond acceptors (Lipinski definition) is 5. The molecule has 0 saturated heterocycles. The predicted molar refractivity (Wildman–Crippen MR) is 119 cm³/mol. The molecule has 1 N–H and O–H groups in total. The molecule has 0 saturated carbocycles. The van der Waals surface area contributed by atoms with Gasteiger partial charge in [0.25, 0.3) is 5.91 Å². The maximum Gasteiger partial charge on any atom is 0.270 e. The van der Waals surface area contributed by atoms with Crippen molar-refractivity contribution in [3.8, 4) is 17.0 Å². The van der Waals surface area contributed by atoms with Crippen molar-refractivity contribution >= 4 is 45.6 Å². The molecule has 0 radical (unpaired) electrons. The Kier molecular flexibility index (Phi) is 5.49. The summed E-state index contributed by atoms with van der Waals surface area (Å²) in [4.78, 5) is 31.4. The van der Waals surface area contributed by atoms with E-state index in [0.717, 1.165) is 11.3 Å². The largest absolute Gasteiger partial charge is 0.476 e. The number of carbonyl (C=O) groups excluding carboxylic acids is 2. The van der Waals surface area contributed by atoms with E-state index in [-0.39, 0.29) is 24.8 Å². The van der Waals surface area contributed by atoms with Gasteiger partial charge >= 0.3 is 0 Å². The maximum atomic E-state index is 12.9. The minimum Gasteiger partial charge on any atom is -0.476 e. The van der Waals surface area contributed by atoms with E-state index in [1.807, 2.05) is 35.7 Å². The number of nitrogens with one attached hydrogen (secondary N) is 1. The highest BCUT2D eigenvalue weighted by molar-refractivity contribution is 7.14. The van der Waals surface area contributed by atoms with E-state index in [9.17, 15) is 9.59 Å². The third-order valence-corrected chi connectivity index (χ3v) is 5.71. The van der Waals surface area contributed by atoms with Crippen molar-refractivity contribution in [1.29, 1.82) is 0 Å². The van der Waals surface area contributed by atoms with Gasteiger partial charge in [0.2, 0.25) is 5.91 Å². The maximum absolute atomic E-state index is 12.9. The third-order valence-electron chi connectivity index (χ3n) is 4.72. The molecule has 30 heavy (non-hydrogen) atoms. The number of benzene rings is 2. The average molecular weight is 442 g/mol. The molecule has 1 aromatic heterocycles. The zero-order valence-corrected chi connectivity index (χ0v) is 18.1. The van der Waals surface area contributed by atoms with Gasteiger partial charge in [-0.2, -0.15) is 0 Å². The summed E-state index contributed by atoms with van der Waals surface area (Å²) in [5.41, 5.74) is 1.35. The highest BCUT2D eigenvalue weighted by atomic mass is 35.5. The number of thiazole rings is 1. The quantitative estimate of drug-likeness (QED) is 0.605. The summed E-state index contributed by atoms with van der Waals surface area (Å²) >= 11 is 7.47. The van der Waals surface area contributed by atoms with E-state index in [2.05, 4.69) is 10.3 Å². The Morgan fingerprint density at radius 2 is 2.00 bits per heavy atom. The Morgan fingerprint density at radius 3 is 2.77 bits per heavy atom. The molecule has 0 spiro atoms. The van der Waals surface area contributed by atoms with Crippen LogP contribution < -0.4 is 15.0 Å². The van der Waals surface area contributed by atoms with Crippen molar-refractivity contribution in [2.24, 2.45) is 0 Å². The van der Waals surface area contributed by atoms with Gasteiger partial charge in [-0.25, -0.2) is 4.98 Å². The standard InChI is InChI=1S/C22H20ClN3O3S/c1-22(2)20(28)26(17-12-15(23)8-9-18(17)29-22)11-10-19(27)25-21-24-16(13-30-21)14-6-4-3-5-7-14/h3-9,12-13H,10-11H2,1-2H3,(H,24,25,27). The van der Waals surface area contributed by atoms with Gasteiger partial charge in [0.15, 0.2) is 10.7 Å². The van der Waals surface area contributed by atoms with Crippen molar-refractivity contribution in [1.82, 2.24) is 4.98 Å². The fourth-order valence-electron chi connectivity index (χ4n) is 3.23. The van der Waals surface area contributed by atoms with Gasteiger partial charge in [0.05, 0.1) is 11.4 Å².